The highest BCUT2D eigenvalue weighted by atomic mass is 19.1. The van der Waals surface area contributed by atoms with Gasteiger partial charge in [0.15, 0.2) is 0 Å². The Balaban J connectivity index is 2.31. The fourth-order valence-electron chi connectivity index (χ4n) is 2.95. The van der Waals surface area contributed by atoms with E-state index in [1.54, 1.807) is 6.07 Å². The van der Waals surface area contributed by atoms with Crippen molar-refractivity contribution in [2.45, 2.75) is 58.7 Å². The number of hydrogen-bond donors (Lipinski definition) is 1. The van der Waals surface area contributed by atoms with E-state index in [9.17, 15) is 4.39 Å². The molecule has 0 spiro atoms. The maximum absolute atomic E-state index is 13.4. The summed E-state index contributed by atoms with van der Waals surface area (Å²) in [6.45, 7) is 8.06. The monoisotopic (exact) mass is 265 g/mol. The molecular formula is C15H24FN3. The lowest BCUT2D eigenvalue weighted by Crippen LogP contribution is -2.36. The molecule has 2 atom stereocenters. The lowest BCUT2D eigenvalue weighted by molar-refractivity contribution is 0.594. The molecular weight excluding hydrogens is 241 g/mol. The van der Waals surface area contributed by atoms with E-state index in [0.717, 1.165) is 24.3 Å². The quantitative estimate of drug-likeness (QED) is 0.886. The van der Waals surface area contributed by atoms with Gasteiger partial charge in [-0.1, -0.05) is 13.8 Å². The Labute approximate surface area is 115 Å². The fraction of sp³-hybridized carbons (Fsp3) is 0.667. The number of pyridine rings is 1. The second-order valence-corrected chi connectivity index (χ2v) is 5.31. The summed E-state index contributed by atoms with van der Waals surface area (Å²) in [6.07, 6.45) is 4.85. The minimum atomic E-state index is -0.253. The van der Waals surface area contributed by atoms with Gasteiger partial charge in [-0.3, -0.25) is 0 Å². The van der Waals surface area contributed by atoms with Crippen LogP contribution in [0.25, 0.3) is 0 Å². The van der Waals surface area contributed by atoms with Gasteiger partial charge in [0.1, 0.15) is 11.6 Å². The second-order valence-electron chi connectivity index (χ2n) is 5.31. The second kappa shape index (κ2) is 6.33. The minimum absolute atomic E-state index is 0.253. The Morgan fingerprint density at radius 1 is 1.42 bits per heavy atom. The normalized spacial score (nSPS) is 23.1. The van der Waals surface area contributed by atoms with Crippen molar-refractivity contribution in [3.8, 4) is 0 Å². The Hall–Kier alpha value is -1.16. The van der Waals surface area contributed by atoms with E-state index in [4.69, 9.17) is 0 Å². The number of halogens is 1. The maximum Gasteiger partial charge on any atom is 0.141 e. The largest absolute Gasteiger partial charge is 0.351 e. The van der Waals surface area contributed by atoms with Crippen molar-refractivity contribution >= 4 is 5.82 Å². The zero-order chi connectivity index (χ0) is 13.8. The first kappa shape index (κ1) is 14.3. The van der Waals surface area contributed by atoms with Gasteiger partial charge in [0.25, 0.3) is 0 Å². The van der Waals surface area contributed by atoms with Gasteiger partial charge in [0.2, 0.25) is 0 Å². The van der Waals surface area contributed by atoms with Crippen molar-refractivity contribution in [3.63, 3.8) is 0 Å². The zero-order valence-corrected chi connectivity index (χ0v) is 12.1. The highest BCUT2D eigenvalue weighted by Crippen LogP contribution is 2.32. The average molecular weight is 265 g/mol. The Kier molecular flexibility index (Phi) is 4.75. The number of nitrogens with zero attached hydrogens (tertiary/aromatic N) is 2. The van der Waals surface area contributed by atoms with Crippen molar-refractivity contribution in [1.82, 2.24) is 10.3 Å². The van der Waals surface area contributed by atoms with Gasteiger partial charge in [-0.2, -0.15) is 0 Å². The summed E-state index contributed by atoms with van der Waals surface area (Å²) in [4.78, 5) is 6.75. The topological polar surface area (TPSA) is 28.2 Å². The standard InChI is InChI=1S/C15H24FN3/c1-4-14-7-6-11(3)19(14)15-12(9-17-5-2)8-13(16)10-18-15/h8,10-11,14,17H,4-7,9H2,1-3H3. The molecule has 106 valence electrons. The van der Waals surface area contributed by atoms with Gasteiger partial charge in [-0.05, 0) is 38.8 Å². The number of aromatic nitrogens is 1. The molecule has 3 nitrogen and oxygen atoms in total. The molecule has 1 fully saturated rings. The molecule has 0 amide bonds. The van der Waals surface area contributed by atoms with E-state index < -0.39 is 0 Å². The molecule has 1 aromatic rings. The molecule has 2 unspecified atom stereocenters. The molecule has 0 aromatic carbocycles. The smallest absolute Gasteiger partial charge is 0.141 e. The molecule has 19 heavy (non-hydrogen) atoms. The summed E-state index contributed by atoms with van der Waals surface area (Å²) in [7, 11) is 0. The lowest BCUT2D eigenvalue weighted by Gasteiger charge is -2.31. The molecule has 1 aromatic heterocycles. The summed E-state index contributed by atoms with van der Waals surface area (Å²) >= 11 is 0. The van der Waals surface area contributed by atoms with Crippen LogP contribution >= 0.6 is 0 Å². The molecule has 1 aliphatic heterocycles. The summed E-state index contributed by atoms with van der Waals surface area (Å²) in [5, 5.41) is 3.27. The Morgan fingerprint density at radius 2 is 2.21 bits per heavy atom. The van der Waals surface area contributed by atoms with Crippen molar-refractivity contribution in [1.29, 1.82) is 0 Å². The van der Waals surface area contributed by atoms with Crippen molar-refractivity contribution in [2.24, 2.45) is 0 Å². The molecule has 2 heterocycles. The van der Waals surface area contributed by atoms with E-state index >= 15 is 0 Å². The summed E-state index contributed by atoms with van der Waals surface area (Å²) < 4.78 is 13.4. The van der Waals surface area contributed by atoms with Crippen LogP contribution in [0.2, 0.25) is 0 Å². The van der Waals surface area contributed by atoms with Gasteiger partial charge >= 0.3 is 0 Å². The number of nitrogens with one attached hydrogen (secondary N) is 1. The van der Waals surface area contributed by atoms with Gasteiger partial charge in [-0.15, -0.1) is 0 Å². The van der Waals surface area contributed by atoms with Crippen molar-refractivity contribution < 1.29 is 4.39 Å². The predicted octanol–water partition coefficient (Wildman–Crippen LogP) is 3.10. The minimum Gasteiger partial charge on any atom is -0.351 e. The van der Waals surface area contributed by atoms with Crippen LogP contribution in [0.5, 0.6) is 0 Å². The molecule has 1 N–H and O–H groups in total. The predicted molar refractivity (Wildman–Crippen MR) is 76.8 cm³/mol. The molecule has 1 saturated heterocycles. The van der Waals surface area contributed by atoms with Crippen LogP contribution in [0, 0.1) is 5.82 Å². The van der Waals surface area contributed by atoms with E-state index in [1.807, 2.05) is 0 Å². The van der Waals surface area contributed by atoms with Crippen molar-refractivity contribution in [3.05, 3.63) is 23.6 Å². The van der Waals surface area contributed by atoms with Crippen molar-refractivity contribution in [2.75, 3.05) is 11.4 Å². The molecule has 0 radical (unpaired) electrons. The molecule has 0 aliphatic carbocycles. The van der Waals surface area contributed by atoms with E-state index in [0.29, 0.717) is 18.6 Å². The van der Waals surface area contributed by atoms with Crippen LogP contribution < -0.4 is 10.2 Å². The Bertz CT molecular complexity index is 422. The van der Waals surface area contributed by atoms with Gasteiger partial charge < -0.3 is 10.2 Å². The summed E-state index contributed by atoms with van der Waals surface area (Å²) in [5.41, 5.74) is 0.967. The van der Waals surface area contributed by atoms with Crippen LogP contribution in [0.3, 0.4) is 0 Å². The lowest BCUT2D eigenvalue weighted by atomic mass is 10.1. The third-order valence-corrected chi connectivity index (χ3v) is 3.98. The Morgan fingerprint density at radius 3 is 2.89 bits per heavy atom. The molecule has 2 rings (SSSR count). The average Bonchev–Trinajstić information content (AvgIpc) is 2.77. The third-order valence-electron chi connectivity index (χ3n) is 3.98. The fourth-order valence-corrected chi connectivity index (χ4v) is 2.95. The van der Waals surface area contributed by atoms with Gasteiger partial charge in [-0.25, -0.2) is 9.37 Å². The number of hydrogen-bond acceptors (Lipinski definition) is 3. The van der Waals surface area contributed by atoms with Crippen LogP contribution in [-0.2, 0) is 6.54 Å². The van der Waals surface area contributed by atoms with Gasteiger partial charge in [0.05, 0.1) is 6.20 Å². The molecule has 1 aliphatic rings. The first-order valence-corrected chi connectivity index (χ1v) is 7.30. The molecule has 0 saturated carbocycles. The first-order chi connectivity index (χ1) is 9.17. The SMILES string of the molecule is CCNCc1cc(F)cnc1N1C(C)CCC1CC. The summed E-state index contributed by atoms with van der Waals surface area (Å²) in [5.74, 6) is 0.704. The summed E-state index contributed by atoms with van der Waals surface area (Å²) in [6, 6.07) is 2.64. The van der Waals surface area contributed by atoms with Crippen LogP contribution in [0.4, 0.5) is 10.2 Å². The number of anilines is 1. The third kappa shape index (κ3) is 3.06. The maximum atomic E-state index is 13.4. The van der Waals surface area contributed by atoms with Gasteiger partial charge in [0, 0.05) is 24.2 Å². The first-order valence-electron chi connectivity index (χ1n) is 7.30. The molecule has 4 heteroatoms. The van der Waals surface area contributed by atoms with Crippen LogP contribution in [0.1, 0.15) is 45.6 Å². The highest BCUT2D eigenvalue weighted by Gasteiger charge is 2.31. The van der Waals surface area contributed by atoms with E-state index in [2.05, 4.69) is 36.0 Å². The molecule has 0 bridgehead atoms. The zero-order valence-electron chi connectivity index (χ0n) is 12.1. The van der Waals surface area contributed by atoms with E-state index in [-0.39, 0.29) is 5.82 Å². The van der Waals surface area contributed by atoms with Crippen LogP contribution in [0.15, 0.2) is 12.3 Å². The highest BCUT2D eigenvalue weighted by molar-refractivity contribution is 5.50. The number of rotatable bonds is 5. The van der Waals surface area contributed by atoms with E-state index in [1.165, 1.54) is 19.0 Å². The van der Waals surface area contributed by atoms with Crippen LogP contribution in [-0.4, -0.2) is 23.6 Å².